The van der Waals surface area contributed by atoms with Crippen LogP contribution in [0.25, 0.3) is 0 Å². The molecule has 1 atom stereocenters. The number of allylic oxidation sites excluding steroid dienone is 1. The molecule has 0 spiro atoms. The van der Waals surface area contributed by atoms with Crippen LogP contribution in [-0.4, -0.2) is 32.0 Å². The molecule has 0 fully saturated rings. The third kappa shape index (κ3) is 4.39. The molecule has 0 saturated carbocycles. The number of amidine groups is 1. The highest BCUT2D eigenvalue weighted by molar-refractivity contribution is 9.10. The first kappa shape index (κ1) is 17.6. The summed E-state index contributed by atoms with van der Waals surface area (Å²) in [6.07, 6.45) is 3.07. The number of benzene rings is 1. The van der Waals surface area contributed by atoms with E-state index in [9.17, 15) is 14.7 Å². The maximum atomic E-state index is 13.0. The monoisotopic (exact) mass is 384 g/mol. The molecule has 5 nitrogen and oxygen atoms in total. The van der Waals surface area contributed by atoms with Gasteiger partial charge in [0, 0.05) is 0 Å². The average Bonchev–Trinajstić information content (AvgIpc) is 2.42. The summed E-state index contributed by atoms with van der Waals surface area (Å²) in [5.41, 5.74) is 0.682. The van der Waals surface area contributed by atoms with E-state index in [2.05, 4.69) is 21.1 Å². The summed E-state index contributed by atoms with van der Waals surface area (Å²) in [5, 5.41) is 26.4. The van der Waals surface area contributed by atoms with Crippen LogP contribution in [0.4, 0.5) is 4.39 Å². The largest absolute Gasteiger partial charge is 0.711 e. The van der Waals surface area contributed by atoms with Crippen molar-refractivity contribution >= 4 is 28.0 Å². The first-order valence-electron chi connectivity index (χ1n) is 7.03. The van der Waals surface area contributed by atoms with Crippen LogP contribution < -0.4 is 0 Å². The summed E-state index contributed by atoms with van der Waals surface area (Å²) in [4.78, 5) is 5.25. The van der Waals surface area contributed by atoms with Gasteiger partial charge in [0.1, 0.15) is 5.82 Å². The van der Waals surface area contributed by atoms with E-state index >= 15 is 0 Å². The van der Waals surface area contributed by atoms with E-state index in [1.807, 2.05) is 0 Å². The van der Waals surface area contributed by atoms with E-state index in [0.29, 0.717) is 16.7 Å². The minimum atomic E-state index is -1.76. The smallest absolute Gasteiger partial charge is 0.395 e. The number of hydrogen-bond acceptors (Lipinski definition) is 4. The number of aliphatic hydroxyl groups is 1. The molecule has 1 aliphatic rings. The second-order valence-electron chi connectivity index (χ2n) is 6.21. The lowest BCUT2D eigenvalue weighted by Gasteiger charge is -2.27. The number of halogens is 2. The van der Waals surface area contributed by atoms with Crippen molar-refractivity contribution in [2.45, 2.75) is 37.3 Å². The lowest BCUT2D eigenvalue weighted by molar-refractivity contribution is -0.333. The SMILES string of the molecule is CC(C)(C)ON=C1[N+]([O-])=CC=C(Cc2ccc(F)cc2)C1(O)Br. The van der Waals surface area contributed by atoms with Crippen molar-refractivity contribution in [3.63, 3.8) is 0 Å². The number of oxime groups is 1. The van der Waals surface area contributed by atoms with Gasteiger partial charge >= 0.3 is 5.84 Å². The maximum Gasteiger partial charge on any atom is 0.395 e. The van der Waals surface area contributed by atoms with Crippen LogP contribution in [-0.2, 0) is 11.3 Å². The zero-order valence-electron chi connectivity index (χ0n) is 13.1. The highest BCUT2D eigenvalue weighted by Gasteiger charge is 2.45. The van der Waals surface area contributed by atoms with Gasteiger partial charge in [-0.25, -0.2) is 9.13 Å². The van der Waals surface area contributed by atoms with E-state index in [1.54, 1.807) is 32.9 Å². The van der Waals surface area contributed by atoms with Crippen molar-refractivity contribution < 1.29 is 19.1 Å². The van der Waals surface area contributed by atoms with Crippen LogP contribution in [0.2, 0.25) is 0 Å². The van der Waals surface area contributed by atoms with Crippen molar-refractivity contribution in [2.75, 3.05) is 0 Å². The van der Waals surface area contributed by atoms with Crippen LogP contribution in [0.3, 0.4) is 0 Å². The molecule has 0 amide bonds. The Morgan fingerprint density at radius 1 is 1.35 bits per heavy atom. The molecule has 0 aliphatic carbocycles. The summed E-state index contributed by atoms with van der Waals surface area (Å²) in [7, 11) is 0. The minimum absolute atomic E-state index is 0.216. The third-order valence-electron chi connectivity index (χ3n) is 3.06. The zero-order valence-corrected chi connectivity index (χ0v) is 14.7. The van der Waals surface area contributed by atoms with Crippen molar-refractivity contribution in [1.82, 2.24) is 0 Å². The Bertz CT molecular complexity index is 674. The molecule has 1 heterocycles. The Labute approximate surface area is 142 Å². The van der Waals surface area contributed by atoms with Gasteiger partial charge in [-0.2, -0.15) is 0 Å². The number of nitrogens with zero attached hydrogens (tertiary/aromatic N) is 2. The van der Waals surface area contributed by atoms with Gasteiger partial charge < -0.3 is 10.3 Å². The molecule has 124 valence electrons. The van der Waals surface area contributed by atoms with E-state index in [4.69, 9.17) is 4.84 Å². The highest BCUT2D eigenvalue weighted by Crippen LogP contribution is 2.31. The van der Waals surface area contributed by atoms with E-state index < -0.39 is 10.1 Å². The first-order chi connectivity index (χ1) is 10.6. The molecule has 7 heteroatoms. The van der Waals surface area contributed by atoms with Gasteiger partial charge in [0.2, 0.25) is 0 Å². The Balaban J connectivity index is 2.29. The van der Waals surface area contributed by atoms with E-state index in [1.165, 1.54) is 24.4 Å². The van der Waals surface area contributed by atoms with Crippen molar-refractivity contribution in [3.8, 4) is 0 Å². The average molecular weight is 385 g/mol. The number of alkyl halides is 1. The van der Waals surface area contributed by atoms with Crippen LogP contribution >= 0.6 is 15.9 Å². The first-order valence-corrected chi connectivity index (χ1v) is 7.82. The fourth-order valence-electron chi connectivity index (χ4n) is 1.91. The molecule has 1 N–H and O–H groups in total. The quantitative estimate of drug-likeness (QED) is 0.376. The van der Waals surface area contributed by atoms with Gasteiger partial charge in [0.25, 0.3) is 4.51 Å². The Hall–Kier alpha value is -1.73. The Morgan fingerprint density at radius 3 is 2.52 bits per heavy atom. The molecule has 23 heavy (non-hydrogen) atoms. The molecule has 1 aromatic carbocycles. The molecule has 0 bridgehead atoms. The number of rotatable bonds is 3. The lowest BCUT2D eigenvalue weighted by Crippen LogP contribution is -2.44. The molecular weight excluding hydrogens is 367 g/mol. The zero-order chi connectivity index (χ0) is 17.3. The Morgan fingerprint density at radius 2 is 1.96 bits per heavy atom. The summed E-state index contributed by atoms with van der Waals surface area (Å²) >= 11 is 3.15. The van der Waals surface area contributed by atoms with Gasteiger partial charge in [-0.1, -0.05) is 12.1 Å². The molecular formula is C16H18BrFN2O3. The number of hydrogen-bond donors (Lipinski definition) is 1. The second kappa shape index (κ2) is 6.41. The molecule has 1 unspecified atom stereocenters. The van der Waals surface area contributed by atoms with Crippen LogP contribution in [0.5, 0.6) is 0 Å². The second-order valence-corrected chi connectivity index (χ2v) is 7.36. The van der Waals surface area contributed by atoms with Crippen LogP contribution in [0.1, 0.15) is 26.3 Å². The van der Waals surface area contributed by atoms with Gasteiger partial charge in [-0.3, -0.25) is 4.84 Å². The van der Waals surface area contributed by atoms with Crippen molar-refractivity contribution in [3.05, 3.63) is 52.5 Å². The van der Waals surface area contributed by atoms with Gasteiger partial charge in [0.05, 0.1) is 6.21 Å². The fraction of sp³-hybridized carbons (Fsp3) is 0.375. The van der Waals surface area contributed by atoms with Gasteiger partial charge in [0.15, 0.2) is 10.8 Å². The predicted molar refractivity (Wildman–Crippen MR) is 90.0 cm³/mol. The third-order valence-corrected chi connectivity index (χ3v) is 3.92. The van der Waals surface area contributed by atoms with Crippen molar-refractivity contribution in [1.29, 1.82) is 0 Å². The molecule has 0 aromatic heterocycles. The van der Waals surface area contributed by atoms with Crippen molar-refractivity contribution in [2.24, 2.45) is 5.16 Å². The van der Waals surface area contributed by atoms with Crippen LogP contribution in [0.15, 0.2) is 41.1 Å². The summed E-state index contributed by atoms with van der Waals surface area (Å²) in [6, 6.07) is 5.91. The molecule has 0 radical (unpaired) electrons. The normalized spacial score (nSPS) is 23.5. The summed E-state index contributed by atoms with van der Waals surface area (Å²) < 4.78 is 11.7. The predicted octanol–water partition coefficient (Wildman–Crippen LogP) is 3.10. The lowest BCUT2D eigenvalue weighted by atomic mass is 9.98. The molecule has 0 saturated heterocycles. The summed E-state index contributed by atoms with van der Waals surface area (Å²) in [6.45, 7) is 5.34. The van der Waals surface area contributed by atoms with Gasteiger partial charge in [-0.15, -0.1) is 0 Å². The molecule has 2 rings (SSSR count). The number of hydroxylamine groups is 1. The fourth-order valence-corrected chi connectivity index (χ4v) is 2.43. The standard InChI is InChI=1S/C16H18BrFN2O3/c1-15(2,3)23-19-14-16(17,21)12(8-9-20(14)22)10-11-4-6-13(18)7-5-11/h4-9,21H,10H2,1-3H3. The van der Waals surface area contributed by atoms with Gasteiger partial charge in [-0.05, 0) is 72.5 Å². The highest BCUT2D eigenvalue weighted by atomic mass is 79.9. The molecule has 1 aromatic rings. The Kier molecular flexibility index (Phi) is 4.91. The minimum Gasteiger partial charge on any atom is -0.711 e. The summed E-state index contributed by atoms with van der Waals surface area (Å²) in [5.74, 6) is -0.550. The molecule has 1 aliphatic heterocycles. The maximum absolute atomic E-state index is 13.0. The van der Waals surface area contributed by atoms with Crippen LogP contribution in [0, 0.1) is 11.0 Å². The topological polar surface area (TPSA) is 67.9 Å². The van der Waals surface area contributed by atoms with E-state index in [-0.39, 0.29) is 11.7 Å². The van der Waals surface area contributed by atoms with E-state index in [0.717, 1.165) is 5.56 Å².